The third kappa shape index (κ3) is 3.99. The number of amides is 2. The van der Waals surface area contributed by atoms with E-state index in [0.29, 0.717) is 19.5 Å². The molecule has 0 saturated carbocycles. The standard InChI is InChI=1S/C13H25N2O4/c1-13(2,3)19-12(17)15(10-16)8-6-11(7-9-15)14(4)18-5/h10-11H,6-9H2,1-5H3/q+1. The average molecular weight is 273 g/mol. The highest BCUT2D eigenvalue weighted by molar-refractivity contribution is 5.69. The van der Waals surface area contributed by atoms with Gasteiger partial charge in [0.25, 0.3) is 0 Å². The van der Waals surface area contributed by atoms with Crippen molar-refractivity contribution in [2.45, 2.75) is 45.3 Å². The minimum Gasteiger partial charge on any atom is -0.414 e. The van der Waals surface area contributed by atoms with Gasteiger partial charge in [0.2, 0.25) is 0 Å². The van der Waals surface area contributed by atoms with Crippen LogP contribution in [0.15, 0.2) is 0 Å². The van der Waals surface area contributed by atoms with Crippen LogP contribution in [0.1, 0.15) is 33.6 Å². The van der Waals surface area contributed by atoms with Crippen molar-refractivity contribution in [2.75, 3.05) is 27.2 Å². The van der Waals surface area contributed by atoms with Crippen LogP contribution in [0.25, 0.3) is 0 Å². The summed E-state index contributed by atoms with van der Waals surface area (Å²) in [6.07, 6.45) is 1.70. The van der Waals surface area contributed by atoms with E-state index in [1.165, 1.54) is 0 Å². The first-order chi connectivity index (χ1) is 8.74. The van der Waals surface area contributed by atoms with Gasteiger partial charge >= 0.3 is 12.5 Å². The Hall–Kier alpha value is -0.980. The Bertz CT molecular complexity index is 330. The van der Waals surface area contributed by atoms with Crippen molar-refractivity contribution in [1.82, 2.24) is 5.06 Å². The van der Waals surface area contributed by atoms with Crippen LogP contribution < -0.4 is 0 Å². The average Bonchev–Trinajstić information content (AvgIpc) is 2.35. The number of hydrogen-bond donors (Lipinski definition) is 0. The molecule has 1 fully saturated rings. The largest absolute Gasteiger partial charge is 0.523 e. The lowest BCUT2D eigenvalue weighted by molar-refractivity contribution is -0.781. The van der Waals surface area contributed by atoms with Gasteiger partial charge < -0.3 is 9.57 Å². The van der Waals surface area contributed by atoms with Crippen LogP contribution in [-0.2, 0) is 14.4 Å². The van der Waals surface area contributed by atoms with E-state index in [-0.39, 0.29) is 10.5 Å². The molecule has 0 atom stereocenters. The zero-order valence-electron chi connectivity index (χ0n) is 12.5. The van der Waals surface area contributed by atoms with Crippen molar-refractivity contribution in [1.29, 1.82) is 0 Å². The summed E-state index contributed by atoms with van der Waals surface area (Å²) in [6, 6.07) is 0.235. The molecule has 0 radical (unpaired) electrons. The molecular weight excluding hydrogens is 248 g/mol. The molecule has 0 unspecified atom stereocenters. The molecule has 0 aromatic heterocycles. The van der Waals surface area contributed by atoms with Gasteiger partial charge in [-0.15, -0.1) is 0 Å². The van der Waals surface area contributed by atoms with E-state index in [4.69, 9.17) is 9.57 Å². The second kappa shape index (κ2) is 5.98. The van der Waals surface area contributed by atoms with Crippen molar-refractivity contribution in [3.05, 3.63) is 0 Å². The highest BCUT2D eigenvalue weighted by atomic mass is 16.7. The molecule has 1 heterocycles. The topological polar surface area (TPSA) is 55.8 Å². The SMILES string of the molecule is CON(C)C1CC[N+](C=O)(C(=O)OC(C)(C)C)CC1. The lowest BCUT2D eigenvalue weighted by Crippen LogP contribution is -2.59. The van der Waals surface area contributed by atoms with Gasteiger partial charge in [0, 0.05) is 25.9 Å². The monoisotopic (exact) mass is 273 g/mol. The summed E-state index contributed by atoms with van der Waals surface area (Å²) in [7, 11) is 3.48. The molecule has 6 nitrogen and oxygen atoms in total. The number of nitrogens with zero attached hydrogens (tertiary/aromatic N) is 2. The molecule has 0 spiro atoms. The fourth-order valence-corrected chi connectivity index (χ4v) is 2.21. The van der Waals surface area contributed by atoms with E-state index in [9.17, 15) is 9.59 Å². The van der Waals surface area contributed by atoms with E-state index in [2.05, 4.69) is 0 Å². The predicted molar refractivity (Wildman–Crippen MR) is 70.1 cm³/mol. The molecule has 110 valence electrons. The van der Waals surface area contributed by atoms with Gasteiger partial charge in [-0.05, 0) is 20.8 Å². The molecule has 0 aromatic rings. The molecule has 1 rings (SSSR count). The molecule has 1 aliphatic rings. The number of carbonyl (C=O) groups is 2. The first-order valence-electron chi connectivity index (χ1n) is 6.58. The van der Waals surface area contributed by atoms with Crippen LogP contribution in [0.4, 0.5) is 4.79 Å². The highest BCUT2D eigenvalue weighted by Crippen LogP contribution is 2.24. The molecule has 0 N–H and O–H groups in total. The van der Waals surface area contributed by atoms with Crippen LogP contribution in [0, 0.1) is 0 Å². The molecule has 1 saturated heterocycles. The van der Waals surface area contributed by atoms with Gasteiger partial charge in [-0.1, -0.05) is 0 Å². The number of hydrogen-bond acceptors (Lipinski definition) is 5. The third-order valence-corrected chi connectivity index (χ3v) is 3.48. The number of ether oxygens (including phenoxy) is 1. The Kier molecular flexibility index (Phi) is 5.06. The van der Waals surface area contributed by atoms with E-state index in [1.54, 1.807) is 32.9 Å². The fourth-order valence-electron chi connectivity index (χ4n) is 2.21. The molecule has 6 heteroatoms. The third-order valence-electron chi connectivity index (χ3n) is 3.48. The maximum Gasteiger partial charge on any atom is 0.523 e. The first-order valence-corrected chi connectivity index (χ1v) is 6.58. The normalized spacial score (nSPS) is 28.2. The Balaban J connectivity index is 2.70. The van der Waals surface area contributed by atoms with Gasteiger partial charge in [0.05, 0.1) is 20.2 Å². The number of carbonyl (C=O) groups excluding carboxylic acids is 2. The minimum atomic E-state index is -0.578. The van der Waals surface area contributed by atoms with Crippen molar-refractivity contribution in [2.24, 2.45) is 0 Å². The van der Waals surface area contributed by atoms with Gasteiger partial charge in [-0.25, -0.2) is 4.79 Å². The quantitative estimate of drug-likeness (QED) is 0.443. The van der Waals surface area contributed by atoms with Gasteiger partial charge in [-0.3, -0.25) is 0 Å². The summed E-state index contributed by atoms with van der Waals surface area (Å²) >= 11 is 0. The number of imide groups is 1. The van der Waals surface area contributed by atoms with Crippen molar-refractivity contribution < 1.29 is 23.6 Å². The van der Waals surface area contributed by atoms with Crippen molar-refractivity contribution in [3.63, 3.8) is 0 Å². The van der Waals surface area contributed by atoms with Gasteiger partial charge in [-0.2, -0.15) is 14.3 Å². The maximum atomic E-state index is 12.2. The predicted octanol–water partition coefficient (Wildman–Crippen LogP) is 1.55. The van der Waals surface area contributed by atoms with Crippen molar-refractivity contribution >= 4 is 12.5 Å². The Morgan fingerprint density at radius 1 is 1.32 bits per heavy atom. The van der Waals surface area contributed by atoms with E-state index in [0.717, 1.165) is 12.8 Å². The molecule has 1 aliphatic heterocycles. The Morgan fingerprint density at radius 3 is 2.21 bits per heavy atom. The Morgan fingerprint density at radius 2 is 1.84 bits per heavy atom. The summed E-state index contributed by atoms with van der Waals surface area (Å²) in [4.78, 5) is 28.7. The zero-order chi connectivity index (χ0) is 14.7. The zero-order valence-corrected chi connectivity index (χ0v) is 12.5. The second-order valence-electron chi connectivity index (χ2n) is 6.03. The summed E-state index contributed by atoms with van der Waals surface area (Å²) in [5.74, 6) is 0. The molecule has 0 bridgehead atoms. The number of rotatable bonds is 3. The van der Waals surface area contributed by atoms with Crippen LogP contribution in [0.5, 0.6) is 0 Å². The molecular formula is C13H25N2O4+. The second-order valence-corrected chi connectivity index (χ2v) is 6.03. The summed E-state index contributed by atoms with van der Waals surface area (Å²) in [5, 5.41) is 1.77. The maximum absolute atomic E-state index is 12.2. The number of likely N-dealkylation sites (tertiary alicyclic amines) is 1. The summed E-state index contributed by atoms with van der Waals surface area (Å²) < 4.78 is 5.11. The molecule has 2 amide bonds. The smallest absolute Gasteiger partial charge is 0.414 e. The number of quaternary nitrogens is 1. The van der Waals surface area contributed by atoms with E-state index < -0.39 is 11.7 Å². The molecule has 19 heavy (non-hydrogen) atoms. The van der Waals surface area contributed by atoms with Crippen LogP contribution in [0.2, 0.25) is 0 Å². The minimum absolute atomic E-state index is 0.235. The fraction of sp³-hybridized carbons (Fsp3) is 0.846. The number of piperidine rings is 1. The lowest BCUT2D eigenvalue weighted by Gasteiger charge is -2.38. The molecule has 0 aromatic carbocycles. The first kappa shape index (κ1) is 16.1. The van der Waals surface area contributed by atoms with E-state index >= 15 is 0 Å². The summed E-state index contributed by atoms with van der Waals surface area (Å²) in [6.45, 7) is 6.32. The van der Waals surface area contributed by atoms with Crippen LogP contribution >= 0.6 is 0 Å². The van der Waals surface area contributed by atoms with Crippen LogP contribution in [0.3, 0.4) is 0 Å². The van der Waals surface area contributed by atoms with Gasteiger partial charge in [0.15, 0.2) is 0 Å². The lowest BCUT2D eigenvalue weighted by atomic mass is 10.0. The van der Waals surface area contributed by atoms with Crippen molar-refractivity contribution in [3.8, 4) is 0 Å². The highest BCUT2D eigenvalue weighted by Gasteiger charge is 2.45. The summed E-state index contributed by atoms with van der Waals surface area (Å²) in [5.41, 5.74) is -0.578. The number of hydroxylamine groups is 2. The molecule has 0 aliphatic carbocycles. The van der Waals surface area contributed by atoms with Crippen LogP contribution in [-0.4, -0.2) is 60.9 Å². The Labute approximate surface area is 114 Å². The van der Waals surface area contributed by atoms with Gasteiger partial charge in [0.1, 0.15) is 5.60 Å². The van der Waals surface area contributed by atoms with E-state index in [1.807, 2.05) is 7.05 Å².